The van der Waals surface area contributed by atoms with E-state index in [2.05, 4.69) is 0 Å². The maximum atomic E-state index is 13.3. The third-order valence-corrected chi connectivity index (χ3v) is 7.66. The molecule has 0 aliphatic carbocycles. The molecule has 0 unspecified atom stereocenters. The number of amidine groups is 1. The van der Waals surface area contributed by atoms with Crippen molar-refractivity contribution in [3.05, 3.63) is 46.1 Å². The number of methoxy groups -OCH3 is 3. The van der Waals surface area contributed by atoms with E-state index in [4.69, 9.17) is 19.2 Å². The van der Waals surface area contributed by atoms with Crippen LogP contribution in [0.15, 0.2) is 45.6 Å². The van der Waals surface area contributed by atoms with Gasteiger partial charge in [0.1, 0.15) is 11.5 Å². The topological polar surface area (TPSA) is 101 Å². The van der Waals surface area contributed by atoms with E-state index in [0.717, 1.165) is 5.70 Å². The van der Waals surface area contributed by atoms with E-state index in [1.54, 1.807) is 43.1 Å². The van der Waals surface area contributed by atoms with Gasteiger partial charge in [0, 0.05) is 44.4 Å². The van der Waals surface area contributed by atoms with E-state index in [0.29, 0.717) is 66.1 Å². The minimum absolute atomic E-state index is 0.0140. The minimum atomic E-state index is -0.622. The number of fused-ring (bicyclic) bond motifs is 1. The van der Waals surface area contributed by atoms with Gasteiger partial charge in [-0.2, -0.15) is 0 Å². The highest BCUT2D eigenvalue weighted by Gasteiger charge is 2.43. The number of carbonyl (C=O) groups is 3. The molecule has 0 bridgehead atoms. The van der Waals surface area contributed by atoms with Crippen molar-refractivity contribution in [3.8, 4) is 11.5 Å². The van der Waals surface area contributed by atoms with Crippen molar-refractivity contribution in [2.75, 3.05) is 47.5 Å². The van der Waals surface area contributed by atoms with Crippen molar-refractivity contribution in [2.45, 2.75) is 32.7 Å². The molecule has 0 radical (unpaired) electrons. The second-order valence-electron chi connectivity index (χ2n) is 8.77. The highest BCUT2D eigenvalue weighted by atomic mass is 32.2. The molecular formula is C26H32N4O6S. The van der Waals surface area contributed by atoms with Gasteiger partial charge < -0.3 is 28.9 Å². The predicted octanol–water partition coefficient (Wildman–Crippen LogP) is 2.92. The van der Waals surface area contributed by atoms with Gasteiger partial charge in [-0.25, -0.2) is 9.79 Å². The Labute approximate surface area is 220 Å². The molecule has 1 saturated heterocycles. The second kappa shape index (κ2) is 11.3. The number of nitrogens with zero attached hydrogens (tertiary/aromatic N) is 4. The Balaban J connectivity index is 1.71. The summed E-state index contributed by atoms with van der Waals surface area (Å²) in [6.45, 7) is 5.49. The smallest absolute Gasteiger partial charge is 0.338 e. The molecule has 37 heavy (non-hydrogen) atoms. The normalized spacial score (nSPS) is 19.3. The average molecular weight is 529 g/mol. The summed E-state index contributed by atoms with van der Waals surface area (Å²) in [5.41, 5.74) is 2.46. The molecule has 10 nitrogen and oxygen atoms in total. The number of aliphatic imine (C=N–C) groups is 1. The van der Waals surface area contributed by atoms with E-state index in [1.807, 2.05) is 23.3 Å². The molecule has 1 fully saturated rings. The summed E-state index contributed by atoms with van der Waals surface area (Å²) in [5.74, 6) is 0.667. The van der Waals surface area contributed by atoms with Crippen molar-refractivity contribution in [1.29, 1.82) is 0 Å². The molecule has 198 valence electrons. The largest absolute Gasteiger partial charge is 0.497 e. The number of thioether (sulfide) groups is 1. The van der Waals surface area contributed by atoms with Crippen LogP contribution in [-0.2, 0) is 19.1 Å². The van der Waals surface area contributed by atoms with Crippen molar-refractivity contribution in [1.82, 2.24) is 14.7 Å². The van der Waals surface area contributed by atoms with E-state index >= 15 is 0 Å². The number of piperazine rings is 1. The number of carbonyl (C=O) groups excluding carboxylic acids is 3. The molecule has 3 heterocycles. The number of hydrogen-bond acceptors (Lipinski definition) is 9. The maximum Gasteiger partial charge on any atom is 0.338 e. The third-order valence-electron chi connectivity index (χ3n) is 6.77. The minimum Gasteiger partial charge on any atom is -0.497 e. The lowest BCUT2D eigenvalue weighted by Gasteiger charge is -2.38. The molecule has 1 aromatic rings. The first kappa shape index (κ1) is 26.6. The highest BCUT2D eigenvalue weighted by Crippen LogP contribution is 2.48. The second-order valence-corrected chi connectivity index (χ2v) is 9.61. The summed E-state index contributed by atoms with van der Waals surface area (Å²) >= 11 is 1.42. The van der Waals surface area contributed by atoms with Gasteiger partial charge in [0.05, 0.1) is 45.1 Å². The zero-order chi connectivity index (χ0) is 26.7. The highest BCUT2D eigenvalue weighted by molar-refractivity contribution is 8.16. The lowest BCUT2D eigenvalue weighted by molar-refractivity contribution is -0.138. The van der Waals surface area contributed by atoms with Crippen molar-refractivity contribution in [2.24, 2.45) is 4.99 Å². The maximum absolute atomic E-state index is 13.3. The van der Waals surface area contributed by atoms with Gasteiger partial charge in [-0.15, -0.1) is 0 Å². The van der Waals surface area contributed by atoms with Crippen LogP contribution in [0.1, 0.15) is 38.3 Å². The van der Waals surface area contributed by atoms with Crippen LogP contribution in [0, 0.1) is 0 Å². The van der Waals surface area contributed by atoms with Crippen molar-refractivity contribution >= 4 is 34.7 Å². The summed E-state index contributed by atoms with van der Waals surface area (Å²) in [6.07, 6.45) is 0.657. The number of rotatable bonds is 7. The molecular weight excluding hydrogens is 496 g/mol. The molecule has 11 heteroatoms. The summed E-state index contributed by atoms with van der Waals surface area (Å²) < 4.78 is 16.4. The number of benzene rings is 1. The Kier molecular flexibility index (Phi) is 8.11. The standard InChI is InChI=1S/C26H32N4O6S/c1-6-20-23(25(33)36-5)24(19-14-18(34-3)7-8-21(19)35-4)30-17(15-37-26(30)27-20)13-22(32)29-11-9-28(10-12-29)16(2)31/h7-8,14-15,24H,6,9-13H2,1-5H3/t24-/m0/s1. The Morgan fingerprint density at radius 2 is 1.76 bits per heavy atom. The monoisotopic (exact) mass is 528 g/mol. The van der Waals surface area contributed by atoms with Gasteiger partial charge in [-0.1, -0.05) is 18.7 Å². The number of hydrogen-bond donors (Lipinski definition) is 0. The fourth-order valence-electron chi connectivity index (χ4n) is 4.80. The SMILES string of the molecule is CCC1=C(C(=O)OC)[C@H](c2cc(OC)ccc2OC)N2C(CC(=O)N3CCN(C(C)=O)CC3)=CSC2=N1. The molecule has 0 spiro atoms. The average Bonchev–Trinajstić information content (AvgIpc) is 3.33. The molecule has 0 saturated carbocycles. The van der Waals surface area contributed by atoms with Crippen LogP contribution in [0.5, 0.6) is 11.5 Å². The first-order valence-electron chi connectivity index (χ1n) is 12.1. The summed E-state index contributed by atoms with van der Waals surface area (Å²) in [6, 6.07) is 4.81. The fraction of sp³-hybridized carbons (Fsp3) is 0.462. The van der Waals surface area contributed by atoms with Crippen LogP contribution in [0.3, 0.4) is 0 Å². The van der Waals surface area contributed by atoms with Crippen LogP contribution >= 0.6 is 11.8 Å². The van der Waals surface area contributed by atoms with E-state index < -0.39 is 12.0 Å². The molecule has 0 N–H and O–H groups in total. The Morgan fingerprint density at radius 3 is 2.35 bits per heavy atom. The van der Waals surface area contributed by atoms with Crippen LogP contribution in [0.25, 0.3) is 0 Å². The summed E-state index contributed by atoms with van der Waals surface area (Å²) in [4.78, 5) is 48.4. The van der Waals surface area contributed by atoms with Crippen LogP contribution in [0.4, 0.5) is 0 Å². The van der Waals surface area contributed by atoms with Gasteiger partial charge in [-0.3, -0.25) is 9.59 Å². The predicted molar refractivity (Wildman–Crippen MR) is 140 cm³/mol. The quantitative estimate of drug-likeness (QED) is 0.498. The molecule has 4 rings (SSSR count). The Bertz CT molecular complexity index is 1190. The summed E-state index contributed by atoms with van der Waals surface area (Å²) in [7, 11) is 4.50. The zero-order valence-electron chi connectivity index (χ0n) is 21.8. The number of amides is 2. The molecule has 1 aromatic carbocycles. The number of ether oxygens (including phenoxy) is 3. The van der Waals surface area contributed by atoms with Gasteiger partial charge in [-0.05, 0) is 30.0 Å². The summed E-state index contributed by atoms with van der Waals surface area (Å²) in [5, 5.41) is 2.60. The van der Waals surface area contributed by atoms with E-state index in [1.165, 1.54) is 18.9 Å². The lowest BCUT2D eigenvalue weighted by Crippen LogP contribution is -2.50. The first-order valence-corrected chi connectivity index (χ1v) is 13.0. The first-order chi connectivity index (χ1) is 17.8. The fourth-order valence-corrected chi connectivity index (χ4v) is 5.73. The van der Waals surface area contributed by atoms with Gasteiger partial charge >= 0.3 is 5.97 Å². The molecule has 0 aromatic heterocycles. The van der Waals surface area contributed by atoms with E-state index in [-0.39, 0.29) is 18.2 Å². The van der Waals surface area contributed by atoms with Crippen LogP contribution in [0.2, 0.25) is 0 Å². The van der Waals surface area contributed by atoms with Gasteiger partial charge in [0.15, 0.2) is 5.17 Å². The zero-order valence-corrected chi connectivity index (χ0v) is 22.6. The van der Waals surface area contributed by atoms with Crippen molar-refractivity contribution in [3.63, 3.8) is 0 Å². The van der Waals surface area contributed by atoms with Crippen molar-refractivity contribution < 1.29 is 28.6 Å². The van der Waals surface area contributed by atoms with Gasteiger partial charge in [0.2, 0.25) is 11.8 Å². The molecule has 3 aliphatic heterocycles. The van der Waals surface area contributed by atoms with Gasteiger partial charge in [0.25, 0.3) is 0 Å². The van der Waals surface area contributed by atoms with E-state index in [9.17, 15) is 14.4 Å². The molecule has 2 amide bonds. The Hall–Kier alpha value is -3.47. The number of esters is 1. The lowest BCUT2D eigenvalue weighted by atomic mass is 9.92. The molecule has 3 aliphatic rings. The van der Waals surface area contributed by atoms with Crippen LogP contribution < -0.4 is 9.47 Å². The Morgan fingerprint density at radius 1 is 1.05 bits per heavy atom. The van der Waals surface area contributed by atoms with Crippen LogP contribution in [-0.4, -0.2) is 85.2 Å². The molecule has 1 atom stereocenters. The number of allylic oxidation sites excluding steroid dienone is 1. The third kappa shape index (κ3) is 5.18.